The van der Waals surface area contributed by atoms with Gasteiger partial charge in [-0.1, -0.05) is 235 Å². The van der Waals surface area contributed by atoms with Crippen LogP contribution in [0.2, 0.25) is 0 Å². The Morgan fingerprint density at radius 2 is 0.587 bits per heavy atom. The number of ether oxygens (including phenoxy) is 4. The first-order chi connectivity index (χ1) is 44.7. The van der Waals surface area contributed by atoms with Crippen LogP contribution in [0, 0.1) is 0 Å². The lowest BCUT2D eigenvalue weighted by Crippen LogP contribution is -2.30. The predicted molar refractivity (Wildman–Crippen MR) is 372 cm³/mol. The van der Waals surface area contributed by atoms with Gasteiger partial charge in [-0.2, -0.15) is 0 Å². The average molecular weight is 1340 g/mol. The second-order valence-corrected chi connectivity index (χ2v) is 26.7. The van der Waals surface area contributed by atoms with E-state index < -0.39 is 97.5 Å². The standard InChI is InChI=1S/C73H128O17P2/c1-5-9-13-17-21-25-29-31-32-33-34-36-39-42-46-50-54-58-71(76)84-64-69(90-73(78)60-56-52-48-44-40-35-30-26-22-18-14-10-6-2)66-88-92(81,82)86-62-67(74)61-85-91(79,80)87-65-68(89-72(77)59-55-51-47-43-38-28-24-20-16-12-8-4)63-83-70(75)57-53-49-45-41-37-27-23-19-15-11-7-3/h9,13-14,18-21,23-26,30-32,67-69,74H,5-8,10-12,15-17,22,27-29,33-66H2,1-4H3,(H,79,80)(H,81,82)/b13-9-,18-14-,23-19-,24-20-,25-21-,30-26-,32-31-. The first-order valence-corrected chi connectivity index (χ1v) is 38.8. The van der Waals surface area contributed by atoms with Crippen LogP contribution in [0.25, 0.3) is 0 Å². The van der Waals surface area contributed by atoms with Crippen LogP contribution in [0.5, 0.6) is 0 Å². The van der Waals surface area contributed by atoms with E-state index in [2.05, 4.69) is 113 Å². The van der Waals surface area contributed by atoms with Crippen molar-refractivity contribution >= 4 is 39.5 Å². The highest BCUT2D eigenvalue weighted by Crippen LogP contribution is 2.45. The number of carbonyl (C=O) groups excluding carboxylic acids is 4. The van der Waals surface area contributed by atoms with Crippen LogP contribution in [0.4, 0.5) is 0 Å². The molecule has 17 nitrogen and oxygen atoms in total. The van der Waals surface area contributed by atoms with Crippen LogP contribution >= 0.6 is 15.6 Å². The normalized spacial score (nSPS) is 14.6. The van der Waals surface area contributed by atoms with Crippen molar-refractivity contribution in [2.75, 3.05) is 39.6 Å². The van der Waals surface area contributed by atoms with Gasteiger partial charge in [0.15, 0.2) is 12.2 Å². The summed E-state index contributed by atoms with van der Waals surface area (Å²) in [5.74, 6) is -2.21. The Morgan fingerprint density at radius 3 is 0.924 bits per heavy atom. The summed E-state index contributed by atoms with van der Waals surface area (Å²) in [5, 5.41) is 10.6. The van der Waals surface area contributed by atoms with Crippen molar-refractivity contribution in [3.8, 4) is 0 Å². The topological polar surface area (TPSA) is 237 Å². The minimum absolute atomic E-state index is 0.0769. The van der Waals surface area contributed by atoms with E-state index in [1.807, 2.05) is 0 Å². The molecule has 0 aliphatic carbocycles. The van der Waals surface area contributed by atoms with E-state index in [1.54, 1.807) is 0 Å². The number of esters is 4. The van der Waals surface area contributed by atoms with Crippen LogP contribution in [0.15, 0.2) is 85.1 Å². The molecule has 0 radical (unpaired) electrons. The zero-order valence-electron chi connectivity index (χ0n) is 57.7. The summed E-state index contributed by atoms with van der Waals surface area (Å²) in [4.78, 5) is 72.5. The lowest BCUT2D eigenvalue weighted by Gasteiger charge is -2.21. The maximum atomic E-state index is 13.0. The van der Waals surface area contributed by atoms with Crippen LogP contribution in [-0.4, -0.2) is 96.7 Å². The Morgan fingerprint density at radius 1 is 0.315 bits per heavy atom. The SMILES string of the molecule is CC/C=C\C/C=C\C/C=C\CCCCCCCCCC(=O)OCC(COP(=O)(O)OCC(O)COP(=O)(O)OCC(COC(=O)CCCCCCC/C=C\CCCC)OC(=O)CCCCCCC/C=C\CCCC)OC(=O)CCCCCCC/C=C\C/C=C\CCC. The summed E-state index contributed by atoms with van der Waals surface area (Å²) in [6, 6.07) is 0. The molecule has 0 bridgehead atoms. The number of allylic oxidation sites excluding steroid dienone is 14. The third-order valence-electron chi connectivity index (χ3n) is 14.8. The van der Waals surface area contributed by atoms with Crippen LogP contribution in [0.3, 0.4) is 0 Å². The highest BCUT2D eigenvalue weighted by atomic mass is 31.2. The van der Waals surface area contributed by atoms with Crippen molar-refractivity contribution in [2.45, 2.75) is 316 Å². The Balaban J connectivity index is 5.31. The first-order valence-electron chi connectivity index (χ1n) is 35.8. The van der Waals surface area contributed by atoms with E-state index in [-0.39, 0.29) is 25.7 Å². The molecule has 19 heteroatoms. The number of phosphoric ester groups is 2. The highest BCUT2D eigenvalue weighted by molar-refractivity contribution is 7.47. The zero-order chi connectivity index (χ0) is 67.5. The zero-order valence-corrected chi connectivity index (χ0v) is 59.5. The molecule has 0 saturated heterocycles. The lowest BCUT2D eigenvalue weighted by molar-refractivity contribution is -0.161. The summed E-state index contributed by atoms with van der Waals surface area (Å²) in [7, 11) is -9.94. The molecule has 532 valence electrons. The maximum Gasteiger partial charge on any atom is 0.472 e. The van der Waals surface area contributed by atoms with Crippen molar-refractivity contribution in [3.63, 3.8) is 0 Å². The van der Waals surface area contributed by atoms with E-state index in [0.29, 0.717) is 25.7 Å². The van der Waals surface area contributed by atoms with Gasteiger partial charge >= 0.3 is 39.5 Å². The number of hydrogen-bond acceptors (Lipinski definition) is 15. The molecule has 0 spiro atoms. The molecule has 3 N–H and O–H groups in total. The fourth-order valence-electron chi connectivity index (χ4n) is 9.29. The van der Waals surface area contributed by atoms with Gasteiger partial charge in [0.1, 0.15) is 19.3 Å². The minimum Gasteiger partial charge on any atom is -0.462 e. The Hall–Kier alpha value is -3.76. The predicted octanol–water partition coefficient (Wildman–Crippen LogP) is 19.9. The molecule has 5 unspecified atom stereocenters. The molecule has 92 heavy (non-hydrogen) atoms. The summed E-state index contributed by atoms with van der Waals surface area (Å²) < 4.78 is 68.2. The number of aliphatic hydroxyl groups excluding tert-OH is 1. The second-order valence-electron chi connectivity index (χ2n) is 23.8. The number of aliphatic hydroxyl groups is 1. The third kappa shape index (κ3) is 64.9. The first kappa shape index (κ1) is 88.2. The van der Waals surface area contributed by atoms with Crippen molar-refractivity contribution < 1.29 is 80.2 Å². The van der Waals surface area contributed by atoms with E-state index in [1.165, 1.54) is 25.7 Å². The van der Waals surface area contributed by atoms with E-state index in [0.717, 1.165) is 193 Å². The molecule has 0 saturated carbocycles. The monoisotopic (exact) mass is 1340 g/mol. The Labute approximate surface area is 557 Å². The maximum absolute atomic E-state index is 13.0. The number of hydrogen-bond donors (Lipinski definition) is 3. The molecule has 0 aromatic carbocycles. The Kier molecular flexibility index (Phi) is 63.2. The van der Waals surface area contributed by atoms with Crippen LogP contribution < -0.4 is 0 Å². The number of phosphoric acid groups is 2. The molecule has 0 aromatic rings. The fourth-order valence-corrected chi connectivity index (χ4v) is 10.9. The quantitative estimate of drug-likeness (QED) is 0.0169. The average Bonchev–Trinajstić information content (AvgIpc) is 2.89. The third-order valence-corrected chi connectivity index (χ3v) is 16.7. The molecule has 5 atom stereocenters. The van der Waals surface area contributed by atoms with Crippen LogP contribution in [-0.2, 0) is 65.4 Å². The second kappa shape index (κ2) is 65.9. The van der Waals surface area contributed by atoms with Gasteiger partial charge in [-0.15, -0.1) is 0 Å². The summed E-state index contributed by atoms with van der Waals surface area (Å²) >= 11 is 0. The highest BCUT2D eigenvalue weighted by Gasteiger charge is 2.30. The molecule has 0 aliphatic heterocycles. The van der Waals surface area contributed by atoms with Gasteiger partial charge in [0.25, 0.3) is 0 Å². The molecule has 0 aromatic heterocycles. The summed E-state index contributed by atoms with van der Waals surface area (Å²) in [6.45, 7) is 4.57. The van der Waals surface area contributed by atoms with E-state index >= 15 is 0 Å². The smallest absolute Gasteiger partial charge is 0.462 e. The van der Waals surface area contributed by atoms with Crippen LogP contribution in [0.1, 0.15) is 297 Å². The van der Waals surface area contributed by atoms with Gasteiger partial charge in [0.2, 0.25) is 0 Å². The van der Waals surface area contributed by atoms with E-state index in [9.17, 15) is 43.2 Å². The van der Waals surface area contributed by atoms with Crippen molar-refractivity contribution in [1.82, 2.24) is 0 Å². The molecule has 0 aliphatic rings. The number of rotatable bonds is 67. The molecule has 0 fully saturated rings. The molecule has 0 amide bonds. The summed E-state index contributed by atoms with van der Waals surface area (Å²) in [6.07, 6.45) is 64.6. The van der Waals surface area contributed by atoms with Gasteiger partial charge in [-0.3, -0.25) is 37.3 Å². The fraction of sp³-hybridized carbons (Fsp3) is 0.753. The van der Waals surface area contributed by atoms with Crippen molar-refractivity contribution in [1.29, 1.82) is 0 Å². The van der Waals surface area contributed by atoms with Gasteiger partial charge in [0, 0.05) is 25.7 Å². The van der Waals surface area contributed by atoms with Crippen molar-refractivity contribution in [2.24, 2.45) is 0 Å². The van der Waals surface area contributed by atoms with Gasteiger partial charge in [0.05, 0.1) is 26.4 Å². The molecular formula is C73H128O17P2. The largest absolute Gasteiger partial charge is 0.472 e. The number of carbonyl (C=O) groups is 4. The molecule has 0 heterocycles. The molecule has 0 rings (SSSR count). The van der Waals surface area contributed by atoms with Crippen molar-refractivity contribution in [3.05, 3.63) is 85.1 Å². The van der Waals surface area contributed by atoms with Gasteiger partial charge < -0.3 is 33.8 Å². The van der Waals surface area contributed by atoms with Gasteiger partial charge in [-0.25, -0.2) is 9.13 Å². The number of unbranched alkanes of at least 4 members (excludes halogenated alkanes) is 27. The van der Waals surface area contributed by atoms with E-state index in [4.69, 9.17) is 37.0 Å². The van der Waals surface area contributed by atoms with Gasteiger partial charge in [-0.05, 0) is 122 Å². The Bertz CT molecular complexity index is 2090. The molecular weight excluding hydrogens is 1210 g/mol. The minimum atomic E-state index is -4.97. The lowest BCUT2D eigenvalue weighted by atomic mass is 10.1. The summed E-state index contributed by atoms with van der Waals surface area (Å²) in [5.41, 5.74) is 0.